The van der Waals surface area contributed by atoms with Gasteiger partial charge in [0.15, 0.2) is 0 Å². The van der Waals surface area contributed by atoms with Crippen LogP contribution in [0.2, 0.25) is 0 Å². The molecule has 0 fully saturated rings. The third kappa shape index (κ3) is 6.57. The van der Waals surface area contributed by atoms with Crippen molar-refractivity contribution in [3.05, 3.63) is 77.9 Å². The fourth-order valence-electron chi connectivity index (χ4n) is 2.81. The highest BCUT2D eigenvalue weighted by Gasteiger charge is 2.16. The average molecular weight is 368 g/mol. The van der Waals surface area contributed by atoms with Crippen molar-refractivity contribution < 1.29 is 19.0 Å². The maximum Gasteiger partial charge on any atom is 0.306 e. The smallest absolute Gasteiger partial charge is 0.306 e. The van der Waals surface area contributed by atoms with Crippen molar-refractivity contribution in [1.82, 2.24) is 0 Å². The van der Waals surface area contributed by atoms with E-state index >= 15 is 0 Å². The van der Waals surface area contributed by atoms with Crippen LogP contribution in [0.25, 0.3) is 0 Å². The van der Waals surface area contributed by atoms with Gasteiger partial charge in [-0.3, -0.25) is 4.79 Å². The number of rotatable bonds is 10. The summed E-state index contributed by atoms with van der Waals surface area (Å²) in [6, 6.07) is 17.6. The van der Waals surface area contributed by atoms with E-state index in [1.54, 1.807) is 0 Å². The van der Waals surface area contributed by atoms with E-state index in [-0.39, 0.29) is 11.9 Å². The lowest BCUT2D eigenvalue weighted by Crippen LogP contribution is -2.12. The van der Waals surface area contributed by atoms with Gasteiger partial charge < -0.3 is 14.2 Å². The first-order chi connectivity index (χ1) is 13.2. The SMILES string of the molecule is CC=C[C@H](CC(=O)OCC)c1ccc(OC(OCC)c2ccccc2)cc1. The summed E-state index contributed by atoms with van der Waals surface area (Å²) in [6.45, 7) is 6.66. The molecule has 0 saturated carbocycles. The van der Waals surface area contributed by atoms with Gasteiger partial charge in [-0.25, -0.2) is 0 Å². The van der Waals surface area contributed by atoms with Gasteiger partial charge >= 0.3 is 5.97 Å². The Morgan fingerprint density at radius 3 is 2.26 bits per heavy atom. The fraction of sp³-hybridized carbons (Fsp3) is 0.348. The molecule has 4 nitrogen and oxygen atoms in total. The lowest BCUT2D eigenvalue weighted by atomic mass is 9.95. The van der Waals surface area contributed by atoms with Gasteiger partial charge in [-0.2, -0.15) is 0 Å². The summed E-state index contributed by atoms with van der Waals surface area (Å²) < 4.78 is 16.8. The zero-order chi connectivity index (χ0) is 19.5. The van der Waals surface area contributed by atoms with Gasteiger partial charge in [0.25, 0.3) is 0 Å². The summed E-state index contributed by atoms with van der Waals surface area (Å²) in [6.07, 6.45) is 3.84. The van der Waals surface area contributed by atoms with Crippen molar-refractivity contribution in [1.29, 1.82) is 0 Å². The van der Waals surface area contributed by atoms with E-state index in [9.17, 15) is 4.79 Å². The Morgan fingerprint density at radius 2 is 1.67 bits per heavy atom. The topological polar surface area (TPSA) is 44.8 Å². The first-order valence-electron chi connectivity index (χ1n) is 9.39. The van der Waals surface area contributed by atoms with Crippen LogP contribution >= 0.6 is 0 Å². The zero-order valence-electron chi connectivity index (χ0n) is 16.3. The van der Waals surface area contributed by atoms with Crippen LogP contribution in [0.1, 0.15) is 50.5 Å². The molecule has 2 aromatic rings. The predicted molar refractivity (Wildman–Crippen MR) is 107 cm³/mol. The van der Waals surface area contributed by atoms with Gasteiger partial charge in [0.2, 0.25) is 6.29 Å². The second-order valence-corrected chi connectivity index (χ2v) is 6.03. The first kappa shape index (κ1) is 20.7. The molecule has 0 saturated heterocycles. The van der Waals surface area contributed by atoms with E-state index in [1.807, 2.05) is 87.5 Å². The minimum atomic E-state index is -0.451. The number of hydrogen-bond acceptors (Lipinski definition) is 4. The standard InChI is InChI=1S/C23H28O4/c1-4-10-20(17-22(24)25-5-2)18-13-15-21(16-14-18)27-23(26-6-3)19-11-8-7-9-12-19/h4,7-16,20,23H,5-6,17H2,1-3H3/t20-,23?/m1/s1. The molecule has 0 aliphatic heterocycles. The molecule has 0 N–H and O–H groups in total. The quantitative estimate of drug-likeness (QED) is 0.319. The lowest BCUT2D eigenvalue weighted by molar-refractivity contribution is -0.143. The predicted octanol–water partition coefficient (Wildman–Crippen LogP) is 5.41. The fourth-order valence-corrected chi connectivity index (χ4v) is 2.81. The molecular weight excluding hydrogens is 340 g/mol. The van der Waals surface area contributed by atoms with Crippen LogP contribution in [0.15, 0.2) is 66.7 Å². The number of benzene rings is 2. The molecule has 144 valence electrons. The molecule has 0 aromatic heterocycles. The molecule has 2 atom stereocenters. The maximum absolute atomic E-state index is 11.8. The highest BCUT2D eigenvalue weighted by Crippen LogP contribution is 2.27. The molecule has 27 heavy (non-hydrogen) atoms. The summed E-state index contributed by atoms with van der Waals surface area (Å²) in [5.41, 5.74) is 2.01. The van der Waals surface area contributed by atoms with Crippen molar-refractivity contribution >= 4 is 5.97 Å². The van der Waals surface area contributed by atoms with Crippen LogP contribution in [0.4, 0.5) is 0 Å². The summed E-state index contributed by atoms with van der Waals surface area (Å²) in [5, 5.41) is 0. The molecular formula is C23H28O4. The Labute approximate surface area is 161 Å². The van der Waals surface area contributed by atoms with Crippen molar-refractivity contribution in [2.24, 2.45) is 0 Å². The molecule has 0 spiro atoms. The van der Waals surface area contributed by atoms with E-state index in [2.05, 4.69) is 0 Å². The Bertz CT molecular complexity index is 707. The minimum absolute atomic E-state index is 0.0140. The van der Waals surface area contributed by atoms with Crippen molar-refractivity contribution in [2.75, 3.05) is 13.2 Å². The average Bonchev–Trinajstić information content (AvgIpc) is 2.69. The number of allylic oxidation sites excluding steroid dienone is 2. The molecule has 2 aromatic carbocycles. The molecule has 0 amide bonds. The van der Waals surface area contributed by atoms with Gasteiger partial charge in [0.1, 0.15) is 5.75 Å². The second-order valence-electron chi connectivity index (χ2n) is 6.03. The van der Waals surface area contributed by atoms with Crippen LogP contribution in [-0.2, 0) is 14.3 Å². The summed E-state index contributed by atoms with van der Waals surface area (Å²) in [7, 11) is 0. The number of carbonyl (C=O) groups excluding carboxylic acids is 1. The highest BCUT2D eigenvalue weighted by molar-refractivity contribution is 5.71. The molecule has 0 aliphatic rings. The summed E-state index contributed by atoms with van der Waals surface area (Å²) in [5.74, 6) is 0.512. The van der Waals surface area contributed by atoms with Crippen molar-refractivity contribution in [2.45, 2.75) is 39.4 Å². The summed E-state index contributed by atoms with van der Waals surface area (Å²) >= 11 is 0. The number of carbonyl (C=O) groups is 1. The van der Waals surface area contributed by atoms with Crippen LogP contribution in [0.3, 0.4) is 0 Å². The molecule has 0 aliphatic carbocycles. The van der Waals surface area contributed by atoms with Gasteiger partial charge in [-0.15, -0.1) is 0 Å². The minimum Gasteiger partial charge on any atom is -0.466 e. The monoisotopic (exact) mass is 368 g/mol. The van der Waals surface area contributed by atoms with Crippen LogP contribution in [0.5, 0.6) is 5.75 Å². The Kier molecular flexibility index (Phi) is 8.59. The van der Waals surface area contributed by atoms with E-state index < -0.39 is 6.29 Å². The molecule has 0 heterocycles. The van der Waals surface area contributed by atoms with Crippen molar-refractivity contribution in [3.8, 4) is 5.75 Å². The normalized spacial score (nSPS) is 13.3. The second kappa shape index (κ2) is 11.2. The molecule has 0 bridgehead atoms. The van der Waals surface area contributed by atoms with Gasteiger partial charge in [0.05, 0.1) is 13.0 Å². The molecule has 1 unspecified atom stereocenters. The zero-order valence-corrected chi connectivity index (χ0v) is 16.3. The summed E-state index contributed by atoms with van der Waals surface area (Å²) in [4.78, 5) is 11.8. The highest BCUT2D eigenvalue weighted by atomic mass is 16.7. The van der Waals surface area contributed by atoms with Crippen LogP contribution < -0.4 is 4.74 Å². The third-order valence-electron chi connectivity index (χ3n) is 4.06. The first-order valence-corrected chi connectivity index (χ1v) is 9.39. The Hall–Kier alpha value is -2.59. The van der Waals surface area contributed by atoms with E-state index in [1.165, 1.54) is 0 Å². The van der Waals surface area contributed by atoms with Gasteiger partial charge in [0, 0.05) is 18.1 Å². The Balaban J connectivity index is 2.10. The molecule has 2 rings (SSSR count). The number of esters is 1. The molecule has 0 radical (unpaired) electrons. The van der Waals surface area contributed by atoms with Gasteiger partial charge in [-0.05, 0) is 38.5 Å². The Morgan fingerprint density at radius 1 is 0.963 bits per heavy atom. The maximum atomic E-state index is 11.8. The van der Waals surface area contributed by atoms with Gasteiger partial charge in [-0.1, -0.05) is 54.6 Å². The van der Waals surface area contributed by atoms with E-state index in [0.717, 1.165) is 16.9 Å². The third-order valence-corrected chi connectivity index (χ3v) is 4.06. The molecule has 4 heteroatoms. The van der Waals surface area contributed by atoms with E-state index in [4.69, 9.17) is 14.2 Å². The van der Waals surface area contributed by atoms with Crippen LogP contribution in [0, 0.1) is 0 Å². The number of hydrogen-bond donors (Lipinski definition) is 0. The number of ether oxygens (including phenoxy) is 3. The van der Waals surface area contributed by atoms with E-state index in [0.29, 0.717) is 19.6 Å². The largest absolute Gasteiger partial charge is 0.466 e. The lowest BCUT2D eigenvalue weighted by Gasteiger charge is -2.20. The van der Waals surface area contributed by atoms with Crippen LogP contribution in [-0.4, -0.2) is 19.2 Å². The van der Waals surface area contributed by atoms with Crippen molar-refractivity contribution in [3.63, 3.8) is 0 Å².